The second-order valence-electron chi connectivity index (χ2n) is 5.14. The molecule has 2 saturated heterocycles. The van der Waals surface area contributed by atoms with E-state index in [4.69, 9.17) is 0 Å². The molecule has 0 aromatic carbocycles. The Hall–Kier alpha value is -1.06. The lowest BCUT2D eigenvalue weighted by Gasteiger charge is -2.22. The predicted molar refractivity (Wildman–Crippen MR) is 60.7 cm³/mol. The quantitative estimate of drug-likeness (QED) is 0.688. The highest BCUT2D eigenvalue weighted by Crippen LogP contribution is 2.32. The number of carbonyl (C=O) groups excluding carboxylic acids is 2. The van der Waals surface area contributed by atoms with E-state index in [1.165, 1.54) is 0 Å². The molecule has 2 amide bonds. The monoisotopic (exact) mass is 224 g/mol. The molecule has 2 aliphatic heterocycles. The number of carbonyl (C=O) groups is 2. The number of nitrogens with zero attached hydrogens (tertiary/aromatic N) is 2. The van der Waals surface area contributed by atoms with Crippen LogP contribution in [0.2, 0.25) is 0 Å². The molecule has 0 saturated carbocycles. The van der Waals surface area contributed by atoms with E-state index in [0.29, 0.717) is 12.5 Å². The van der Waals surface area contributed by atoms with Crippen molar-refractivity contribution in [2.45, 2.75) is 20.8 Å². The van der Waals surface area contributed by atoms with Gasteiger partial charge in [-0.3, -0.25) is 9.59 Å². The van der Waals surface area contributed by atoms with Gasteiger partial charge in [0.25, 0.3) is 0 Å². The zero-order chi connectivity index (χ0) is 11.9. The van der Waals surface area contributed by atoms with Crippen molar-refractivity contribution < 1.29 is 9.59 Å². The van der Waals surface area contributed by atoms with Gasteiger partial charge in [0.05, 0.1) is 5.92 Å². The van der Waals surface area contributed by atoms with Gasteiger partial charge in [0.2, 0.25) is 11.8 Å². The highest BCUT2D eigenvalue weighted by Gasteiger charge is 2.46. The van der Waals surface area contributed by atoms with Gasteiger partial charge in [-0.25, -0.2) is 0 Å². The SMILES string of the molecule is CCN1C[C@@H]2CN(C(=O)C(C)C)C[C@@H]2C1=O. The van der Waals surface area contributed by atoms with Crippen LogP contribution in [0.25, 0.3) is 0 Å². The van der Waals surface area contributed by atoms with Crippen LogP contribution in [0.3, 0.4) is 0 Å². The number of likely N-dealkylation sites (tertiary alicyclic amines) is 2. The zero-order valence-electron chi connectivity index (χ0n) is 10.3. The molecule has 2 aliphatic rings. The van der Waals surface area contributed by atoms with Gasteiger partial charge >= 0.3 is 0 Å². The van der Waals surface area contributed by atoms with E-state index < -0.39 is 0 Å². The minimum Gasteiger partial charge on any atom is -0.342 e. The summed E-state index contributed by atoms with van der Waals surface area (Å²) in [5, 5.41) is 0. The van der Waals surface area contributed by atoms with Gasteiger partial charge in [-0.1, -0.05) is 13.8 Å². The summed E-state index contributed by atoms with van der Waals surface area (Å²) in [4.78, 5) is 27.6. The Labute approximate surface area is 96.6 Å². The molecule has 0 radical (unpaired) electrons. The van der Waals surface area contributed by atoms with Crippen LogP contribution in [0.5, 0.6) is 0 Å². The Morgan fingerprint density at radius 2 is 2.06 bits per heavy atom. The third-order valence-electron chi connectivity index (χ3n) is 3.71. The highest BCUT2D eigenvalue weighted by atomic mass is 16.2. The first-order chi connectivity index (χ1) is 7.54. The Bertz CT molecular complexity index is 314. The smallest absolute Gasteiger partial charge is 0.227 e. The number of amides is 2. The van der Waals surface area contributed by atoms with Crippen LogP contribution in [0, 0.1) is 17.8 Å². The van der Waals surface area contributed by atoms with Crippen LogP contribution in [0.15, 0.2) is 0 Å². The van der Waals surface area contributed by atoms with Gasteiger partial charge < -0.3 is 9.80 Å². The molecule has 2 heterocycles. The lowest BCUT2D eigenvalue weighted by molar-refractivity contribution is -0.135. The van der Waals surface area contributed by atoms with Crippen molar-refractivity contribution >= 4 is 11.8 Å². The molecule has 2 fully saturated rings. The fourth-order valence-electron chi connectivity index (χ4n) is 2.77. The van der Waals surface area contributed by atoms with Gasteiger partial charge in [0.15, 0.2) is 0 Å². The van der Waals surface area contributed by atoms with Crippen LogP contribution >= 0.6 is 0 Å². The summed E-state index contributed by atoms with van der Waals surface area (Å²) < 4.78 is 0. The van der Waals surface area contributed by atoms with E-state index in [0.717, 1.165) is 19.6 Å². The van der Waals surface area contributed by atoms with Crippen molar-refractivity contribution in [3.63, 3.8) is 0 Å². The maximum absolute atomic E-state index is 11.9. The molecule has 0 unspecified atom stereocenters. The summed E-state index contributed by atoms with van der Waals surface area (Å²) >= 11 is 0. The van der Waals surface area contributed by atoms with Crippen molar-refractivity contribution in [1.29, 1.82) is 0 Å². The van der Waals surface area contributed by atoms with Gasteiger partial charge in [-0.05, 0) is 6.92 Å². The van der Waals surface area contributed by atoms with Crippen molar-refractivity contribution in [3.8, 4) is 0 Å². The number of fused-ring (bicyclic) bond motifs is 1. The molecule has 0 aliphatic carbocycles. The fraction of sp³-hybridized carbons (Fsp3) is 0.833. The lowest BCUT2D eigenvalue weighted by Crippen LogP contribution is -2.37. The molecule has 0 spiro atoms. The zero-order valence-corrected chi connectivity index (χ0v) is 10.3. The van der Waals surface area contributed by atoms with Gasteiger partial charge in [-0.2, -0.15) is 0 Å². The first-order valence-corrected chi connectivity index (χ1v) is 6.12. The van der Waals surface area contributed by atoms with Crippen LogP contribution in [0.1, 0.15) is 20.8 Å². The normalized spacial score (nSPS) is 29.1. The maximum atomic E-state index is 11.9. The molecule has 4 nitrogen and oxygen atoms in total. The Kier molecular flexibility index (Phi) is 2.91. The topological polar surface area (TPSA) is 40.6 Å². The van der Waals surface area contributed by atoms with E-state index >= 15 is 0 Å². The largest absolute Gasteiger partial charge is 0.342 e. The lowest BCUT2D eigenvalue weighted by atomic mass is 10.0. The van der Waals surface area contributed by atoms with Crippen molar-refractivity contribution in [1.82, 2.24) is 9.80 Å². The Balaban J connectivity index is 2.02. The molecule has 0 bridgehead atoms. The average Bonchev–Trinajstić information content (AvgIpc) is 2.77. The Morgan fingerprint density at radius 3 is 2.56 bits per heavy atom. The molecule has 0 aromatic rings. The maximum Gasteiger partial charge on any atom is 0.227 e. The molecule has 0 aromatic heterocycles. The molecule has 0 N–H and O–H groups in total. The van der Waals surface area contributed by atoms with E-state index in [1.807, 2.05) is 30.6 Å². The summed E-state index contributed by atoms with van der Waals surface area (Å²) in [5.74, 6) is 0.908. The van der Waals surface area contributed by atoms with Crippen molar-refractivity contribution in [2.75, 3.05) is 26.2 Å². The van der Waals surface area contributed by atoms with Crippen LogP contribution in [0.4, 0.5) is 0 Å². The summed E-state index contributed by atoms with van der Waals surface area (Å²) in [6, 6.07) is 0. The molecule has 2 rings (SSSR count). The molecule has 16 heavy (non-hydrogen) atoms. The summed E-state index contributed by atoms with van der Waals surface area (Å²) in [6.07, 6.45) is 0. The minimum absolute atomic E-state index is 0.0382. The third-order valence-corrected chi connectivity index (χ3v) is 3.71. The van der Waals surface area contributed by atoms with Crippen molar-refractivity contribution in [2.24, 2.45) is 17.8 Å². The van der Waals surface area contributed by atoms with E-state index in [-0.39, 0.29) is 23.7 Å². The number of hydrogen-bond acceptors (Lipinski definition) is 2. The summed E-state index contributed by atoms with van der Waals surface area (Å²) in [7, 11) is 0. The molecule has 2 atom stereocenters. The van der Waals surface area contributed by atoms with Crippen LogP contribution < -0.4 is 0 Å². The van der Waals surface area contributed by atoms with Gasteiger partial charge in [0, 0.05) is 38.0 Å². The van der Waals surface area contributed by atoms with Gasteiger partial charge in [-0.15, -0.1) is 0 Å². The third kappa shape index (κ3) is 1.70. The average molecular weight is 224 g/mol. The number of rotatable bonds is 2. The summed E-state index contributed by atoms with van der Waals surface area (Å²) in [5.41, 5.74) is 0. The molecular weight excluding hydrogens is 204 g/mol. The van der Waals surface area contributed by atoms with E-state index in [9.17, 15) is 9.59 Å². The van der Waals surface area contributed by atoms with Crippen molar-refractivity contribution in [3.05, 3.63) is 0 Å². The van der Waals surface area contributed by atoms with Crippen LogP contribution in [-0.4, -0.2) is 47.8 Å². The highest BCUT2D eigenvalue weighted by molar-refractivity contribution is 5.85. The fourth-order valence-corrected chi connectivity index (χ4v) is 2.77. The standard InChI is InChI=1S/C12H20N2O2/c1-4-13-5-9-6-14(11(15)8(2)3)7-10(9)12(13)16/h8-10H,4-7H2,1-3H3/t9-,10+/m1/s1. The first kappa shape index (κ1) is 11.4. The van der Waals surface area contributed by atoms with E-state index in [2.05, 4.69) is 0 Å². The number of hydrogen-bond donors (Lipinski definition) is 0. The first-order valence-electron chi connectivity index (χ1n) is 6.12. The molecular formula is C12H20N2O2. The van der Waals surface area contributed by atoms with Gasteiger partial charge in [0.1, 0.15) is 0 Å². The summed E-state index contributed by atoms with van der Waals surface area (Å²) in [6.45, 7) is 8.87. The Morgan fingerprint density at radius 1 is 1.38 bits per heavy atom. The second-order valence-corrected chi connectivity index (χ2v) is 5.14. The molecule has 90 valence electrons. The minimum atomic E-state index is 0.0382. The predicted octanol–water partition coefficient (Wildman–Crippen LogP) is 0.579. The van der Waals surface area contributed by atoms with Crippen LogP contribution in [-0.2, 0) is 9.59 Å². The second kappa shape index (κ2) is 4.07. The molecule has 4 heteroatoms. The van der Waals surface area contributed by atoms with E-state index in [1.54, 1.807) is 0 Å².